The zero-order valence-corrected chi connectivity index (χ0v) is 7.78. The van der Waals surface area contributed by atoms with Crippen LogP contribution in [0.2, 0.25) is 0 Å². The first-order chi connectivity index (χ1) is 5.47. The Balaban J connectivity index is 1.88. The van der Waals surface area contributed by atoms with Gasteiger partial charge in [0, 0.05) is 5.25 Å². The largest absolute Gasteiger partial charge is 0.158 e. The van der Waals surface area contributed by atoms with E-state index in [9.17, 15) is 0 Å². The van der Waals surface area contributed by atoms with Crippen LogP contribution >= 0.6 is 11.8 Å². The standard InChI is InChI=1S/C10H16S/c1-2-5-9(6-3-1)10-7-4-8-11-10/h1-2,9-10H,3-8H2. The van der Waals surface area contributed by atoms with Crippen molar-refractivity contribution in [3.05, 3.63) is 12.2 Å². The predicted molar refractivity (Wildman–Crippen MR) is 52.0 cm³/mol. The van der Waals surface area contributed by atoms with E-state index in [1.165, 1.54) is 37.9 Å². The molecule has 0 spiro atoms. The zero-order chi connectivity index (χ0) is 7.52. The predicted octanol–water partition coefficient (Wildman–Crippen LogP) is 3.24. The van der Waals surface area contributed by atoms with Crippen LogP contribution in [0.15, 0.2) is 12.2 Å². The van der Waals surface area contributed by atoms with Gasteiger partial charge in [0.05, 0.1) is 0 Å². The summed E-state index contributed by atoms with van der Waals surface area (Å²) < 4.78 is 0. The Hall–Kier alpha value is 0.0900. The molecule has 62 valence electrons. The minimum absolute atomic E-state index is 1.01. The molecule has 0 saturated carbocycles. The quantitative estimate of drug-likeness (QED) is 0.542. The van der Waals surface area contributed by atoms with Crippen LogP contribution in [0, 0.1) is 5.92 Å². The summed E-state index contributed by atoms with van der Waals surface area (Å²) in [6.07, 6.45) is 11.8. The highest BCUT2D eigenvalue weighted by Crippen LogP contribution is 2.37. The lowest BCUT2D eigenvalue weighted by molar-refractivity contribution is 0.452. The second kappa shape index (κ2) is 3.66. The van der Waals surface area contributed by atoms with E-state index in [4.69, 9.17) is 0 Å². The minimum atomic E-state index is 1.01. The minimum Gasteiger partial charge on any atom is -0.158 e. The van der Waals surface area contributed by atoms with Crippen molar-refractivity contribution in [3.63, 3.8) is 0 Å². The maximum absolute atomic E-state index is 2.38. The summed E-state index contributed by atoms with van der Waals surface area (Å²) in [4.78, 5) is 0. The summed E-state index contributed by atoms with van der Waals surface area (Å²) in [5.74, 6) is 2.44. The average Bonchev–Trinajstić information content (AvgIpc) is 2.58. The number of hydrogen-bond donors (Lipinski definition) is 0. The highest BCUT2D eigenvalue weighted by Gasteiger charge is 2.24. The summed E-state index contributed by atoms with van der Waals surface area (Å²) in [6, 6.07) is 0. The van der Waals surface area contributed by atoms with Crippen molar-refractivity contribution < 1.29 is 0 Å². The smallest absolute Gasteiger partial charge is 0.00786 e. The van der Waals surface area contributed by atoms with E-state index in [-0.39, 0.29) is 0 Å². The molecule has 1 fully saturated rings. The van der Waals surface area contributed by atoms with Crippen molar-refractivity contribution in [1.82, 2.24) is 0 Å². The first-order valence-electron chi connectivity index (χ1n) is 4.73. The van der Waals surface area contributed by atoms with Gasteiger partial charge in [-0.15, -0.1) is 0 Å². The van der Waals surface area contributed by atoms with Crippen molar-refractivity contribution in [2.24, 2.45) is 5.92 Å². The first kappa shape index (κ1) is 7.72. The fourth-order valence-corrected chi connectivity index (χ4v) is 3.62. The molecule has 0 amide bonds. The van der Waals surface area contributed by atoms with Crippen molar-refractivity contribution in [2.75, 3.05) is 5.75 Å². The molecule has 11 heavy (non-hydrogen) atoms. The van der Waals surface area contributed by atoms with Gasteiger partial charge in [-0.3, -0.25) is 0 Å². The molecule has 2 atom stereocenters. The molecule has 1 saturated heterocycles. The van der Waals surface area contributed by atoms with Crippen LogP contribution in [-0.4, -0.2) is 11.0 Å². The zero-order valence-electron chi connectivity index (χ0n) is 6.96. The third-order valence-electron chi connectivity index (χ3n) is 2.80. The first-order valence-corrected chi connectivity index (χ1v) is 5.78. The molecular formula is C10H16S. The van der Waals surface area contributed by atoms with E-state index in [1.54, 1.807) is 0 Å². The van der Waals surface area contributed by atoms with Crippen LogP contribution in [0.5, 0.6) is 0 Å². The molecule has 0 aromatic rings. The molecule has 2 rings (SSSR count). The molecule has 2 unspecified atom stereocenters. The maximum atomic E-state index is 2.38. The fraction of sp³-hybridized carbons (Fsp3) is 0.800. The Morgan fingerprint density at radius 2 is 2.18 bits per heavy atom. The van der Waals surface area contributed by atoms with E-state index in [0.29, 0.717) is 0 Å². The van der Waals surface area contributed by atoms with Gasteiger partial charge >= 0.3 is 0 Å². The van der Waals surface area contributed by atoms with Gasteiger partial charge in [0.2, 0.25) is 0 Å². The van der Waals surface area contributed by atoms with E-state index < -0.39 is 0 Å². The summed E-state index contributed by atoms with van der Waals surface area (Å²) in [5.41, 5.74) is 0. The molecular weight excluding hydrogens is 152 g/mol. The molecule has 0 aromatic carbocycles. The normalized spacial score (nSPS) is 37.8. The summed E-state index contributed by atoms with van der Waals surface area (Å²) in [7, 11) is 0. The Kier molecular flexibility index (Phi) is 2.57. The molecule has 0 N–H and O–H groups in total. The third-order valence-corrected chi connectivity index (χ3v) is 4.37. The molecule has 1 heterocycles. The van der Waals surface area contributed by atoms with Gasteiger partial charge in [0.15, 0.2) is 0 Å². The van der Waals surface area contributed by atoms with Gasteiger partial charge in [-0.2, -0.15) is 11.8 Å². The van der Waals surface area contributed by atoms with Crippen LogP contribution in [0.1, 0.15) is 32.1 Å². The van der Waals surface area contributed by atoms with Gasteiger partial charge in [0.1, 0.15) is 0 Å². The van der Waals surface area contributed by atoms with E-state index in [1.807, 2.05) is 0 Å². The molecule has 1 aliphatic heterocycles. The van der Waals surface area contributed by atoms with Gasteiger partial charge in [0.25, 0.3) is 0 Å². The van der Waals surface area contributed by atoms with Gasteiger partial charge in [-0.05, 0) is 43.8 Å². The lowest BCUT2D eigenvalue weighted by atomic mass is 9.89. The van der Waals surface area contributed by atoms with E-state index in [0.717, 1.165) is 11.2 Å². The lowest BCUT2D eigenvalue weighted by Gasteiger charge is -2.23. The van der Waals surface area contributed by atoms with E-state index in [2.05, 4.69) is 23.9 Å². The van der Waals surface area contributed by atoms with Gasteiger partial charge < -0.3 is 0 Å². The Morgan fingerprint density at radius 1 is 1.18 bits per heavy atom. The molecule has 2 aliphatic rings. The number of rotatable bonds is 1. The second-order valence-corrected chi connectivity index (χ2v) is 4.94. The maximum Gasteiger partial charge on any atom is 0.00786 e. The molecule has 0 radical (unpaired) electrons. The van der Waals surface area contributed by atoms with E-state index >= 15 is 0 Å². The molecule has 0 bridgehead atoms. The van der Waals surface area contributed by atoms with Gasteiger partial charge in [-0.25, -0.2) is 0 Å². The Labute approximate surface area is 73.4 Å². The fourth-order valence-electron chi connectivity index (χ4n) is 2.13. The van der Waals surface area contributed by atoms with Crippen LogP contribution in [-0.2, 0) is 0 Å². The van der Waals surface area contributed by atoms with Crippen molar-refractivity contribution in [2.45, 2.75) is 37.4 Å². The summed E-state index contributed by atoms with van der Waals surface area (Å²) >= 11 is 2.22. The highest BCUT2D eigenvalue weighted by molar-refractivity contribution is 8.00. The number of allylic oxidation sites excluding steroid dienone is 2. The third kappa shape index (κ3) is 1.81. The number of thioether (sulfide) groups is 1. The summed E-state index contributed by atoms with van der Waals surface area (Å²) in [5, 5.41) is 1.01. The Morgan fingerprint density at radius 3 is 2.82 bits per heavy atom. The SMILES string of the molecule is C1=CCC(C2CCCS2)CC1. The Bertz CT molecular complexity index is 145. The molecule has 1 aliphatic carbocycles. The number of hydrogen-bond acceptors (Lipinski definition) is 1. The molecule has 0 nitrogen and oxygen atoms in total. The summed E-state index contributed by atoms with van der Waals surface area (Å²) in [6.45, 7) is 0. The van der Waals surface area contributed by atoms with Crippen LogP contribution in [0.4, 0.5) is 0 Å². The second-order valence-electron chi connectivity index (χ2n) is 3.60. The lowest BCUT2D eigenvalue weighted by Crippen LogP contribution is -2.15. The topological polar surface area (TPSA) is 0 Å². The van der Waals surface area contributed by atoms with Crippen LogP contribution in [0.25, 0.3) is 0 Å². The van der Waals surface area contributed by atoms with Crippen molar-refractivity contribution >= 4 is 11.8 Å². The van der Waals surface area contributed by atoms with Crippen LogP contribution < -0.4 is 0 Å². The van der Waals surface area contributed by atoms with Crippen molar-refractivity contribution in [1.29, 1.82) is 0 Å². The molecule has 1 heteroatoms. The van der Waals surface area contributed by atoms with Crippen molar-refractivity contribution in [3.8, 4) is 0 Å². The average molecular weight is 168 g/mol. The van der Waals surface area contributed by atoms with Crippen LogP contribution in [0.3, 0.4) is 0 Å². The van der Waals surface area contributed by atoms with Gasteiger partial charge in [-0.1, -0.05) is 12.2 Å². The highest BCUT2D eigenvalue weighted by atomic mass is 32.2. The molecule has 0 aromatic heterocycles. The monoisotopic (exact) mass is 168 g/mol.